The van der Waals surface area contributed by atoms with Crippen molar-refractivity contribution < 1.29 is 8.96 Å². The largest absolute Gasteiger partial charge is 0.420 e. The number of halogens is 1. The highest BCUT2D eigenvalue weighted by Crippen LogP contribution is 2.01. The molecule has 0 saturated carbocycles. The molecule has 0 unspecified atom stereocenters. The van der Waals surface area contributed by atoms with Gasteiger partial charge in [0.05, 0.1) is 5.38 Å². The van der Waals surface area contributed by atoms with Gasteiger partial charge in [-0.3, -0.25) is 0 Å². The Balaban J connectivity index is 3.19. The lowest BCUT2D eigenvalue weighted by molar-refractivity contribution is -0.699. The monoisotopic (exact) mass is 132 g/mol. The number of hydrogen-bond acceptors (Lipinski definition) is 1. The SMILES string of the molecule is Cc1csc(F)[n+]1C. The maximum atomic E-state index is 12.3. The van der Waals surface area contributed by atoms with Crippen LogP contribution in [0.4, 0.5) is 4.39 Å². The molecule has 3 heteroatoms. The zero-order valence-corrected chi connectivity index (χ0v) is 5.63. The summed E-state index contributed by atoms with van der Waals surface area (Å²) in [5.74, 6) is 0. The molecule has 1 aromatic heterocycles. The van der Waals surface area contributed by atoms with Crippen molar-refractivity contribution >= 4 is 11.3 Å². The van der Waals surface area contributed by atoms with E-state index in [1.807, 2.05) is 6.92 Å². The number of thiazole rings is 1. The molecule has 0 aromatic carbocycles. The van der Waals surface area contributed by atoms with Gasteiger partial charge in [0, 0.05) is 6.92 Å². The number of aryl methyl sites for hydroxylation is 1. The topological polar surface area (TPSA) is 3.88 Å². The van der Waals surface area contributed by atoms with Gasteiger partial charge in [-0.15, -0.1) is 4.39 Å². The molecule has 44 valence electrons. The van der Waals surface area contributed by atoms with Gasteiger partial charge >= 0.3 is 5.26 Å². The summed E-state index contributed by atoms with van der Waals surface area (Å²) in [7, 11) is 1.71. The van der Waals surface area contributed by atoms with Crippen molar-refractivity contribution in [2.75, 3.05) is 0 Å². The van der Waals surface area contributed by atoms with Crippen LogP contribution in [0.25, 0.3) is 0 Å². The molecular formula is C5H7FNS+. The van der Waals surface area contributed by atoms with Gasteiger partial charge in [-0.2, -0.15) is 4.57 Å². The Morgan fingerprint density at radius 2 is 2.38 bits per heavy atom. The third-order valence-electron chi connectivity index (χ3n) is 1.12. The molecule has 0 saturated heterocycles. The second-order valence-electron chi connectivity index (χ2n) is 1.69. The summed E-state index contributed by atoms with van der Waals surface area (Å²) >= 11 is 1.13. The summed E-state index contributed by atoms with van der Waals surface area (Å²) in [6, 6.07) is 0. The lowest BCUT2D eigenvalue weighted by Gasteiger charge is -1.77. The lowest BCUT2D eigenvalue weighted by Crippen LogP contribution is -2.32. The molecule has 0 N–H and O–H groups in total. The molecule has 0 amide bonds. The second kappa shape index (κ2) is 1.82. The van der Waals surface area contributed by atoms with Gasteiger partial charge in [-0.05, 0) is 11.3 Å². The maximum absolute atomic E-state index is 12.3. The van der Waals surface area contributed by atoms with Crippen molar-refractivity contribution in [1.29, 1.82) is 0 Å². The van der Waals surface area contributed by atoms with E-state index >= 15 is 0 Å². The Morgan fingerprint density at radius 3 is 2.50 bits per heavy atom. The molecule has 1 aromatic rings. The Kier molecular flexibility index (Phi) is 1.29. The van der Waals surface area contributed by atoms with E-state index < -0.39 is 0 Å². The molecule has 0 aliphatic heterocycles. The Morgan fingerprint density at radius 1 is 1.75 bits per heavy atom. The average Bonchev–Trinajstić information content (AvgIpc) is 1.98. The lowest BCUT2D eigenvalue weighted by atomic mass is 10.6. The molecule has 0 fully saturated rings. The van der Waals surface area contributed by atoms with E-state index in [4.69, 9.17) is 0 Å². The number of aromatic nitrogens is 1. The molecule has 0 atom stereocenters. The van der Waals surface area contributed by atoms with Gasteiger partial charge < -0.3 is 0 Å². The summed E-state index contributed by atoms with van der Waals surface area (Å²) in [6.07, 6.45) is 0. The van der Waals surface area contributed by atoms with Crippen LogP contribution in [0.2, 0.25) is 0 Å². The first-order valence-corrected chi connectivity index (χ1v) is 3.19. The van der Waals surface area contributed by atoms with Gasteiger partial charge in [-0.1, -0.05) is 0 Å². The molecular weight excluding hydrogens is 125 g/mol. The van der Waals surface area contributed by atoms with Gasteiger partial charge in [0.1, 0.15) is 7.05 Å². The van der Waals surface area contributed by atoms with Gasteiger partial charge in [-0.25, -0.2) is 0 Å². The van der Waals surface area contributed by atoms with Crippen molar-refractivity contribution in [3.63, 3.8) is 0 Å². The fraction of sp³-hybridized carbons (Fsp3) is 0.400. The van der Waals surface area contributed by atoms with E-state index in [1.165, 1.54) is 4.57 Å². The van der Waals surface area contributed by atoms with E-state index in [-0.39, 0.29) is 5.26 Å². The summed E-state index contributed by atoms with van der Waals surface area (Å²) < 4.78 is 13.8. The summed E-state index contributed by atoms with van der Waals surface area (Å²) in [5.41, 5.74) is 0.965. The van der Waals surface area contributed by atoms with Crippen molar-refractivity contribution in [3.8, 4) is 0 Å². The van der Waals surface area contributed by atoms with Crippen LogP contribution in [0, 0.1) is 12.2 Å². The minimum atomic E-state index is -0.137. The Bertz CT molecular complexity index is 175. The first kappa shape index (κ1) is 5.69. The zero-order chi connectivity index (χ0) is 6.15. The van der Waals surface area contributed by atoms with Crippen LogP contribution < -0.4 is 4.57 Å². The average molecular weight is 132 g/mol. The fourth-order valence-electron chi connectivity index (χ4n) is 0.431. The van der Waals surface area contributed by atoms with Crippen LogP contribution in [-0.2, 0) is 7.05 Å². The number of hydrogen-bond donors (Lipinski definition) is 0. The summed E-state index contributed by atoms with van der Waals surface area (Å²) in [5, 5.41) is 1.65. The Labute approximate surface area is 51.4 Å². The molecule has 1 heterocycles. The predicted octanol–water partition coefficient (Wildman–Crippen LogP) is 1.02. The van der Waals surface area contributed by atoms with Gasteiger partial charge in [0.2, 0.25) is 0 Å². The molecule has 0 aliphatic carbocycles. The van der Waals surface area contributed by atoms with E-state index in [0.29, 0.717) is 0 Å². The predicted molar refractivity (Wildman–Crippen MR) is 30.2 cm³/mol. The van der Waals surface area contributed by atoms with Gasteiger partial charge in [0.15, 0.2) is 5.69 Å². The molecule has 8 heavy (non-hydrogen) atoms. The first-order valence-electron chi connectivity index (χ1n) is 2.31. The van der Waals surface area contributed by atoms with Crippen LogP contribution >= 0.6 is 11.3 Å². The molecule has 0 radical (unpaired) electrons. The Hall–Kier alpha value is -0.440. The highest BCUT2D eigenvalue weighted by Gasteiger charge is 2.09. The van der Waals surface area contributed by atoms with Crippen LogP contribution in [-0.4, -0.2) is 0 Å². The number of rotatable bonds is 0. The van der Waals surface area contributed by atoms with E-state index in [2.05, 4.69) is 0 Å². The van der Waals surface area contributed by atoms with Crippen molar-refractivity contribution in [2.45, 2.75) is 6.92 Å². The van der Waals surface area contributed by atoms with E-state index in [1.54, 1.807) is 12.4 Å². The van der Waals surface area contributed by atoms with Crippen molar-refractivity contribution in [2.24, 2.45) is 7.05 Å². The molecule has 0 spiro atoms. The minimum absolute atomic E-state index is 0.137. The molecule has 0 aliphatic rings. The van der Waals surface area contributed by atoms with E-state index in [0.717, 1.165) is 17.0 Å². The van der Waals surface area contributed by atoms with Crippen molar-refractivity contribution in [3.05, 3.63) is 16.3 Å². The number of nitrogens with zero attached hydrogens (tertiary/aromatic N) is 1. The van der Waals surface area contributed by atoms with E-state index in [9.17, 15) is 4.39 Å². The van der Waals surface area contributed by atoms with Crippen LogP contribution in [0.5, 0.6) is 0 Å². The molecule has 1 rings (SSSR count). The molecule has 1 nitrogen and oxygen atoms in total. The van der Waals surface area contributed by atoms with Crippen molar-refractivity contribution in [1.82, 2.24) is 0 Å². The highest BCUT2D eigenvalue weighted by atomic mass is 32.1. The summed E-state index contributed by atoms with van der Waals surface area (Å²) in [4.78, 5) is 0. The van der Waals surface area contributed by atoms with Gasteiger partial charge in [0.25, 0.3) is 0 Å². The normalized spacial score (nSPS) is 9.88. The van der Waals surface area contributed by atoms with Crippen LogP contribution in [0.3, 0.4) is 0 Å². The zero-order valence-electron chi connectivity index (χ0n) is 4.81. The smallest absolute Gasteiger partial charge is 0.164 e. The third kappa shape index (κ3) is 0.733. The third-order valence-corrected chi connectivity index (χ3v) is 2.05. The minimum Gasteiger partial charge on any atom is -0.164 e. The van der Waals surface area contributed by atoms with Crippen LogP contribution in [0.1, 0.15) is 5.69 Å². The quantitative estimate of drug-likeness (QED) is 0.464. The fourth-order valence-corrected chi connectivity index (χ4v) is 1.16. The summed E-state index contributed by atoms with van der Waals surface area (Å²) in [6.45, 7) is 1.87. The first-order chi connectivity index (χ1) is 3.72. The highest BCUT2D eigenvalue weighted by molar-refractivity contribution is 7.07. The van der Waals surface area contributed by atoms with Crippen LogP contribution in [0.15, 0.2) is 5.38 Å². The maximum Gasteiger partial charge on any atom is 0.420 e. The molecule has 0 bridgehead atoms. The second-order valence-corrected chi connectivity index (χ2v) is 2.50. The standard InChI is InChI=1S/C5H7FNS/c1-4-3-8-5(6)7(4)2/h3H,1-2H3/q+1.